The van der Waals surface area contributed by atoms with Crippen molar-refractivity contribution in [3.8, 4) is 5.75 Å². The Kier molecular flexibility index (Phi) is 31.9. The van der Waals surface area contributed by atoms with Crippen molar-refractivity contribution in [2.24, 2.45) is 28.6 Å². The van der Waals surface area contributed by atoms with Gasteiger partial charge >= 0.3 is 5.97 Å². The van der Waals surface area contributed by atoms with Crippen LogP contribution < -0.4 is 15.4 Å². The highest BCUT2D eigenvalue weighted by Gasteiger charge is 2.61. The number of benzene rings is 1. The van der Waals surface area contributed by atoms with Gasteiger partial charge in [-0.25, -0.2) is 13.2 Å². The van der Waals surface area contributed by atoms with Gasteiger partial charge in [0.1, 0.15) is 171 Å². The van der Waals surface area contributed by atoms with Gasteiger partial charge in [-0.1, -0.05) is 60.3 Å². The highest BCUT2D eigenvalue weighted by Crippen LogP contribution is 2.45. The van der Waals surface area contributed by atoms with Crippen LogP contribution in [0.2, 0.25) is 0 Å². The van der Waals surface area contributed by atoms with E-state index in [1.54, 1.807) is 0 Å². The van der Waals surface area contributed by atoms with E-state index in [9.17, 15) is 130 Å². The Morgan fingerprint density at radius 3 is 0.939 bits per heavy atom. The van der Waals surface area contributed by atoms with Gasteiger partial charge in [-0.2, -0.15) is 8.78 Å². The Morgan fingerprint density at radius 1 is 0.391 bits per heavy atom. The van der Waals surface area contributed by atoms with Gasteiger partial charge in [0, 0.05) is 23.9 Å². The predicted octanol–water partition coefficient (Wildman–Crippen LogP) is -8.63. The lowest BCUT2D eigenvalue weighted by atomic mass is 9.67. The van der Waals surface area contributed by atoms with E-state index >= 15 is 8.78 Å². The summed E-state index contributed by atoms with van der Waals surface area (Å²) in [5, 5.41) is 233. The molecule has 0 radical (unpaired) electrons. The first-order valence-corrected chi connectivity index (χ1v) is 37.9. The second-order valence-corrected chi connectivity index (χ2v) is 31.7. The van der Waals surface area contributed by atoms with Crippen molar-refractivity contribution >= 4 is 17.8 Å². The fourth-order valence-electron chi connectivity index (χ4n) is 16.2. The highest BCUT2D eigenvalue weighted by atomic mass is 19.2. The van der Waals surface area contributed by atoms with Crippen molar-refractivity contribution < 1.29 is 210 Å². The van der Waals surface area contributed by atoms with Gasteiger partial charge in [0.05, 0.1) is 45.6 Å². The van der Waals surface area contributed by atoms with Crippen molar-refractivity contribution in [2.45, 2.75) is 301 Å². The van der Waals surface area contributed by atoms with Gasteiger partial charge in [0.15, 0.2) is 44.0 Å². The normalized spacial score (nSPS) is 42.8. The van der Waals surface area contributed by atoms with Crippen LogP contribution in [0, 0.1) is 57.7 Å². The summed E-state index contributed by atoms with van der Waals surface area (Å²) in [6.07, 6.45) is -71.4. The summed E-state index contributed by atoms with van der Waals surface area (Å²) in [5.74, 6) is -19.7. The average molecular weight is 1680 g/mol. The van der Waals surface area contributed by atoms with Crippen LogP contribution in [0.4, 0.5) is 22.0 Å². The second kappa shape index (κ2) is 39.4. The molecule has 22 N–H and O–H groups in total. The van der Waals surface area contributed by atoms with Gasteiger partial charge < -0.3 is 184 Å². The van der Waals surface area contributed by atoms with E-state index in [1.165, 1.54) is 34.6 Å². The highest BCUT2D eigenvalue weighted by molar-refractivity contribution is 5.87. The molecule has 22 fully saturated rings. The van der Waals surface area contributed by atoms with E-state index < -0.39 is 349 Å². The van der Waals surface area contributed by atoms with Crippen molar-refractivity contribution in [3.63, 3.8) is 0 Å². The number of ether oxygens (including phenoxy) is 15. The number of nitrogens with one attached hydrogen (secondary N) is 2. The first-order valence-electron chi connectivity index (χ1n) is 37.9. The maximum absolute atomic E-state index is 15.0. The van der Waals surface area contributed by atoms with Crippen LogP contribution in [-0.4, -0.2) is 388 Å². The molecule has 22 aliphatic rings. The SMILES string of the molecule is CC(C)C(CC(C)(CC(C)(C)C(=O)NCC1OC2OC3C(CO)OC(OC4C(CO)OC(OC5C(CO)OC(OC6C(CO)OC(OC7C(CO)OC(OC8C(CO)OC(OC1C(O)C2O)C(O)C8O)C(O)C7O)C(O)C6O)C(O)C5O)C(O)C4O)C(O)C3O)C(=O)NCCCC1CCCC1)C(=O)Oc1c(F)c(F)c(F)c(F)c1F. The lowest BCUT2D eigenvalue weighted by Crippen LogP contribution is -2.68. The Balaban J connectivity index is 0.950. The second-order valence-electron chi connectivity index (χ2n) is 31.7. The van der Waals surface area contributed by atoms with Crippen molar-refractivity contribution in [1.29, 1.82) is 0 Å². The number of hydrogen-bond donors (Lipinski definition) is 22. The largest absolute Gasteiger partial charge is 0.420 e. The molecule has 1 saturated carbocycles. The smallest absolute Gasteiger partial charge is 0.314 e. The summed E-state index contributed by atoms with van der Waals surface area (Å²) in [6, 6.07) is 0. The summed E-state index contributed by atoms with van der Waals surface area (Å²) in [5.41, 5.74) is -3.74. The van der Waals surface area contributed by atoms with Gasteiger partial charge in [-0.3, -0.25) is 14.4 Å². The van der Waals surface area contributed by atoms with Crippen LogP contribution >= 0.6 is 0 Å². The number of carbonyl (C=O) groups is 3. The molecule has 23 rings (SSSR count). The number of aliphatic hydroxyl groups is 20. The van der Waals surface area contributed by atoms with Crippen LogP contribution in [-0.2, 0) is 80.7 Å². The molecule has 21 aliphatic heterocycles. The zero-order valence-corrected chi connectivity index (χ0v) is 62.9. The summed E-state index contributed by atoms with van der Waals surface area (Å²) in [4.78, 5) is 43.8. The molecule has 0 spiro atoms. The minimum absolute atomic E-state index is 0.0719. The predicted molar refractivity (Wildman–Crippen MR) is 360 cm³/mol. The average Bonchev–Trinajstić information content (AvgIpc) is 0.842. The molecule has 21 saturated heterocycles. The molecule has 660 valence electrons. The molecule has 45 heteroatoms. The van der Waals surface area contributed by atoms with E-state index in [2.05, 4.69) is 10.6 Å². The number of carbonyl (C=O) groups excluding carboxylic acids is 3. The minimum atomic E-state index is -2.54. The van der Waals surface area contributed by atoms with Gasteiger partial charge in [0.2, 0.25) is 46.6 Å². The molecular weight excluding hydrogens is 1570 g/mol. The van der Waals surface area contributed by atoms with E-state index in [0.717, 1.165) is 25.7 Å². The fourth-order valence-corrected chi connectivity index (χ4v) is 16.2. The lowest BCUT2D eigenvalue weighted by molar-refractivity contribution is -0.396. The maximum Gasteiger partial charge on any atom is 0.314 e. The molecule has 37 atom stereocenters. The molecule has 115 heavy (non-hydrogen) atoms. The quantitative estimate of drug-likeness (QED) is 0.0136. The fraction of sp³-hybridized carbons (Fsp3) is 0.871. The zero-order valence-electron chi connectivity index (χ0n) is 62.9. The monoisotopic (exact) mass is 1680 g/mol. The summed E-state index contributed by atoms with van der Waals surface area (Å²) < 4.78 is 160. The van der Waals surface area contributed by atoms with Crippen molar-refractivity contribution in [1.82, 2.24) is 10.6 Å². The zero-order chi connectivity index (χ0) is 84.5. The van der Waals surface area contributed by atoms with Gasteiger partial charge in [-0.05, 0) is 37.5 Å². The summed E-state index contributed by atoms with van der Waals surface area (Å²) >= 11 is 0. The molecule has 2 amide bonds. The third kappa shape index (κ3) is 19.9. The van der Waals surface area contributed by atoms with Crippen LogP contribution in [0.15, 0.2) is 0 Å². The Bertz CT molecular complexity index is 3300. The van der Waals surface area contributed by atoms with Gasteiger partial charge in [0.25, 0.3) is 0 Å². The van der Waals surface area contributed by atoms with Crippen LogP contribution in [0.3, 0.4) is 0 Å². The molecule has 37 unspecified atom stereocenters. The summed E-state index contributed by atoms with van der Waals surface area (Å²) in [6.45, 7) is -0.916. The number of rotatable bonds is 21. The van der Waals surface area contributed by atoms with Gasteiger partial charge in [-0.15, -0.1) is 0 Å². The standard InChI is InChI=1S/C70H107F5N2O38/c1-22(2)24(59(98)108-58-35(74)33(72)32(71)34(73)36(58)75)13-70(5,68(100)76-12-8-11-23-9-6-7-10-23)21-69(3,4)67(99)77-14-25-51-37(84)44(91)60(101-25)110-52-26(15-78)103-62(46(93)39(52)86)112-54-28(17-80)105-64(48(95)41(54)88)114-56-30(19-82)107-66(50(97)43(56)90)115-57-31(20-83)106-65(49(96)42(57)89)113-55-29(18-81)104-63(47(94)40(55)87)111-53-27(16-79)102-61(109-51)45(92)38(53)85/h22-31,37-57,60-66,78-97H,6-21H2,1-5H3,(H,76,100)(H,77,99). The molecule has 14 bridgehead atoms. The van der Waals surface area contributed by atoms with Crippen LogP contribution in [0.25, 0.3) is 0 Å². The lowest BCUT2D eigenvalue weighted by Gasteiger charge is -2.50. The van der Waals surface area contributed by atoms with Crippen LogP contribution in [0.1, 0.15) is 86.0 Å². The number of hydrogen-bond acceptors (Lipinski definition) is 38. The van der Waals surface area contributed by atoms with Crippen LogP contribution in [0.5, 0.6) is 5.75 Å². The Hall–Kier alpha value is -4.08. The Morgan fingerprint density at radius 2 is 0.661 bits per heavy atom. The molecule has 21 heterocycles. The third-order valence-electron chi connectivity index (χ3n) is 22.8. The third-order valence-corrected chi connectivity index (χ3v) is 22.8. The van der Waals surface area contributed by atoms with Crippen molar-refractivity contribution in [3.05, 3.63) is 29.1 Å². The molecule has 1 aromatic carbocycles. The first-order chi connectivity index (χ1) is 54.3. The molecule has 1 aromatic rings. The van der Waals surface area contributed by atoms with Crippen molar-refractivity contribution in [2.75, 3.05) is 52.7 Å². The number of esters is 1. The molecule has 0 aromatic heterocycles. The Labute approximate surface area is 653 Å². The summed E-state index contributed by atoms with van der Waals surface area (Å²) in [7, 11) is 0. The number of halogens is 5. The molecule has 40 nitrogen and oxygen atoms in total. The van der Waals surface area contributed by atoms with E-state index in [-0.39, 0.29) is 6.54 Å². The number of aliphatic hydroxyl groups excluding tert-OH is 20. The first kappa shape index (κ1) is 93.2. The number of amides is 2. The van der Waals surface area contributed by atoms with E-state index in [4.69, 9.17) is 71.1 Å². The molecular formula is C70H107F5N2O38. The minimum Gasteiger partial charge on any atom is -0.420 e. The maximum atomic E-state index is 15.0. The van der Waals surface area contributed by atoms with E-state index in [1.807, 2.05) is 0 Å². The topological polar surface area (TPSA) is 618 Å². The molecule has 1 aliphatic carbocycles. The van der Waals surface area contributed by atoms with E-state index in [0.29, 0.717) is 18.8 Å².